The number of aromatic nitrogens is 1. The second-order valence-electron chi connectivity index (χ2n) is 9.17. The number of carbonyl (C=O) groups excluding carboxylic acids is 1. The lowest BCUT2D eigenvalue weighted by Crippen LogP contribution is -2.42. The number of thiophene rings is 1. The van der Waals surface area contributed by atoms with Crippen molar-refractivity contribution in [1.82, 2.24) is 9.47 Å². The van der Waals surface area contributed by atoms with Crippen LogP contribution in [0.15, 0.2) is 30.3 Å². The number of nitrogens with zero attached hydrogens (tertiary/aromatic N) is 2. The number of fused-ring (bicyclic) bond motifs is 1. The maximum absolute atomic E-state index is 13.3. The van der Waals surface area contributed by atoms with Gasteiger partial charge in [0, 0.05) is 13.1 Å². The van der Waals surface area contributed by atoms with Crippen LogP contribution in [-0.2, 0) is 16.1 Å². The molecule has 1 N–H and O–H groups in total. The van der Waals surface area contributed by atoms with Crippen molar-refractivity contribution < 1.29 is 19.4 Å². The third kappa shape index (κ3) is 4.32. The van der Waals surface area contributed by atoms with Gasteiger partial charge in [-0.1, -0.05) is 49.1 Å². The lowest BCUT2D eigenvalue weighted by molar-refractivity contribution is -0.135. The zero-order valence-corrected chi connectivity index (χ0v) is 19.8. The van der Waals surface area contributed by atoms with Crippen LogP contribution >= 0.6 is 11.3 Å². The second kappa shape index (κ2) is 9.31. The number of aromatic carboxylic acids is 1. The largest absolute Gasteiger partial charge is 0.477 e. The molecule has 1 saturated heterocycles. The van der Waals surface area contributed by atoms with Crippen LogP contribution in [-0.4, -0.2) is 52.8 Å². The average Bonchev–Trinajstić information content (AvgIpc) is 3.39. The van der Waals surface area contributed by atoms with Gasteiger partial charge >= 0.3 is 5.97 Å². The molecule has 1 aromatic carbocycles. The minimum Gasteiger partial charge on any atom is -0.477 e. The average molecular weight is 467 g/mol. The Morgan fingerprint density at radius 3 is 2.45 bits per heavy atom. The Morgan fingerprint density at radius 1 is 1.09 bits per heavy atom. The molecule has 0 bridgehead atoms. The van der Waals surface area contributed by atoms with E-state index in [4.69, 9.17) is 4.74 Å². The predicted molar refractivity (Wildman–Crippen MR) is 130 cm³/mol. The summed E-state index contributed by atoms with van der Waals surface area (Å²) in [6.45, 7) is 4.61. The summed E-state index contributed by atoms with van der Waals surface area (Å²) in [7, 11) is 0. The molecule has 2 fully saturated rings. The van der Waals surface area contributed by atoms with Gasteiger partial charge in [0.05, 0.1) is 29.1 Å². The van der Waals surface area contributed by atoms with E-state index in [9.17, 15) is 14.7 Å². The van der Waals surface area contributed by atoms with Crippen molar-refractivity contribution in [3.63, 3.8) is 0 Å². The molecule has 174 valence electrons. The highest BCUT2D eigenvalue weighted by atomic mass is 32.1. The van der Waals surface area contributed by atoms with E-state index in [1.807, 2.05) is 4.90 Å². The van der Waals surface area contributed by atoms with E-state index in [1.165, 1.54) is 41.7 Å². The number of benzene rings is 1. The monoisotopic (exact) mass is 466 g/mol. The highest BCUT2D eigenvalue weighted by Crippen LogP contribution is 2.46. The second-order valence-corrected chi connectivity index (χ2v) is 10.2. The number of carbonyl (C=O) groups is 2. The van der Waals surface area contributed by atoms with Crippen LogP contribution in [0.5, 0.6) is 0 Å². The van der Waals surface area contributed by atoms with Crippen LogP contribution in [0, 0.1) is 6.92 Å². The number of amides is 1. The molecule has 1 saturated carbocycles. The number of rotatable bonds is 5. The van der Waals surface area contributed by atoms with Gasteiger partial charge in [-0.2, -0.15) is 0 Å². The summed E-state index contributed by atoms with van der Waals surface area (Å²) in [5.41, 5.74) is 5.48. The Morgan fingerprint density at radius 2 is 1.79 bits per heavy atom. The van der Waals surface area contributed by atoms with Gasteiger partial charge in [-0.15, -0.1) is 11.3 Å². The summed E-state index contributed by atoms with van der Waals surface area (Å²) in [5.74, 6) is -0.465. The number of aryl methyl sites for hydroxylation is 1. The molecule has 1 aliphatic carbocycles. The van der Waals surface area contributed by atoms with Crippen LogP contribution in [0.25, 0.3) is 21.5 Å². The van der Waals surface area contributed by atoms with Crippen LogP contribution < -0.4 is 0 Å². The van der Waals surface area contributed by atoms with E-state index in [-0.39, 0.29) is 12.5 Å². The molecule has 3 aromatic rings. The van der Waals surface area contributed by atoms with Crippen LogP contribution in [0.3, 0.4) is 0 Å². The molecular weight excluding hydrogens is 436 g/mol. The van der Waals surface area contributed by atoms with Gasteiger partial charge in [0.2, 0.25) is 5.91 Å². The van der Waals surface area contributed by atoms with Crippen molar-refractivity contribution >= 4 is 33.4 Å². The molecule has 6 nitrogen and oxygen atoms in total. The minimum absolute atomic E-state index is 0.0573. The molecule has 2 aromatic heterocycles. The number of carboxylic acids is 1. The third-order valence-corrected chi connectivity index (χ3v) is 8.12. The number of hydrogen-bond acceptors (Lipinski definition) is 4. The summed E-state index contributed by atoms with van der Waals surface area (Å²) in [6, 6.07) is 10.2. The Labute approximate surface area is 197 Å². The van der Waals surface area contributed by atoms with Crippen molar-refractivity contribution in [3.05, 3.63) is 46.3 Å². The van der Waals surface area contributed by atoms with Gasteiger partial charge in [0.1, 0.15) is 11.4 Å². The van der Waals surface area contributed by atoms with Gasteiger partial charge in [0.15, 0.2) is 0 Å². The zero-order chi connectivity index (χ0) is 22.9. The summed E-state index contributed by atoms with van der Waals surface area (Å²) in [6.07, 6.45) is 5.84. The fourth-order valence-corrected chi connectivity index (χ4v) is 6.38. The fourth-order valence-electron chi connectivity index (χ4n) is 5.26. The van der Waals surface area contributed by atoms with Crippen LogP contribution in [0.1, 0.15) is 58.8 Å². The number of morpholine rings is 1. The number of hydrogen-bond donors (Lipinski definition) is 1. The van der Waals surface area contributed by atoms with Crippen LogP contribution in [0.4, 0.5) is 0 Å². The first kappa shape index (κ1) is 22.2. The van der Waals surface area contributed by atoms with Crippen molar-refractivity contribution in [2.24, 2.45) is 0 Å². The van der Waals surface area contributed by atoms with Crippen molar-refractivity contribution in [2.75, 3.05) is 26.3 Å². The predicted octanol–water partition coefficient (Wildman–Crippen LogP) is 5.28. The molecule has 1 amide bonds. The van der Waals surface area contributed by atoms with E-state index in [2.05, 4.69) is 35.8 Å². The van der Waals surface area contributed by atoms with Crippen LogP contribution in [0.2, 0.25) is 0 Å². The van der Waals surface area contributed by atoms with Crippen molar-refractivity contribution in [3.8, 4) is 11.3 Å². The highest BCUT2D eigenvalue weighted by molar-refractivity contribution is 7.21. The molecule has 5 rings (SSSR count). The van der Waals surface area contributed by atoms with Gasteiger partial charge < -0.3 is 19.3 Å². The number of carboxylic acid groups (broad SMARTS) is 1. The maximum Gasteiger partial charge on any atom is 0.345 e. The topological polar surface area (TPSA) is 71.8 Å². The highest BCUT2D eigenvalue weighted by Gasteiger charge is 2.30. The van der Waals surface area contributed by atoms with E-state index in [0.717, 1.165) is 34.3 Å². The summed E-state index contributed by atoms with van der Waals surface area (Å²) < 4.78 is 8.54. The molecule has 2 aliphatic rings. The Kier molecular flexibility index (Phi) is 6.25. The van der Waals surface area contributed by atoms with E-state index in [0.29, 0.717) is 37.1 Å². The quantitative estimate of drug-likeness (QED) is 0.555. The van der Waals surface area contributed by atoms with E-state index >= 15 is 0 Å². The molecule has 0 spiro atoms. The van der Waals surface area contributed by atoms with Gasteiger partial charge in [-0.25, -0.2) is 4.79 Å². The third-order valence-electron chi connectivity index (χ3n) is 6.98. The molecular formula is C26H30N2O4S. The van der Waals surface area contributed by atoms with Gasteiger partial charge in [0.25, 0.3) is 0 Å². The molecule has 0 unspecified atom stereocenters. The first-order chi connectivity index (χ1) is 16.0. The standard InChI is InChI=1S/C26H30N2O4S/c1-17-7-9-19(10-8-17)24-23(18-5-3-2-4-6-18)25-20(15-21(33-25)26(30)31)28(24)16-22(29)27-11-13-32-14-12-27/h7-10,15,18H,2-6,11-14,16H2,1H3,(H,30,31). The smallest absolute Gasteiger partial charge is 0.345 e. The Bertz CT molecular complexity index is 1170. The molecule has 0 atom stereocenters. The summed E-state index contributed by atoms with van der Waals surface area (Å²) in [4.78, 5) is 27.3. The van der Waals surface area contributed by atoms with E-state index < -0.39 is 5.97 Å². The molecule has 0 radical (unpaired) electrons. The fraction of sp³-hybridized carbons (Fsp3) is 0.462. The maximum atomic E-state index is 13.3. The normalized spacial score (nSPS) is 17.5. The molecule has 33 heavy (non-hydrogen) atoms. The van der Waals surface area contributed by atoms with E-state index in [1.54, 1.807) is 6.07 Å². The van der Waals surface area contributed by atoms with Crippen molar-refractivity contribution in [1.29, 1.82) is 0 Å². The Hall–Kier alpha value is -2.64. The Balaban J connectivity index is 1.69. The lowest BCUT2D eigenvalue weighted by Gasteiger charge is -2.28. The summed E-state index contributed by atoms with van der Waals surface area (Å²) >= 11 is 1.36. The van der Waals surface area contributed by atoms with Gasteiger partial charge in [-0.05, 0) is 42.9 Å². The first-order valence-corrected chi connectivity index (χ1v) is 12.7. The number of ether oxygens (including phenoxy) is 1. The summed E-state index contributed by atoms with van der Waals surface area (Å²) in [5, 5.41) is 9.71. The van der Waals surface area contributed by atoms with Gasteiger partial charge in [-0.3, -0.25) is 4.79 Å². The molecule has 3 heterocycles. The molecule has 1 aliphatic heterocycles. The zero-order valence-electron chi connectivity index (χ0n) is 19.0. The minimum atomic E-state index is -0.909. The van der Waals surface area contributed by atoms with Crippen molar-refractivity contribution in [2.45, 2.75) is 51.5 Å². The molecule has 7 heteroatoms. The lowest BCUT2D eigenvalue weighted by atomic mass is 9.83. The first-order valence-electron chi connectivity index (χ1n) is 11.8. The SMILES string of the molecule is Cc1ccc(-c2c(C3CCCCC3)c3sc(C(=O)O)cc3n2CC(=O)N2CCOCC2)cc1.